The van der Waals surface area contributed by atoms with Crippen molar-refractivity contribution in [2.45, 2.75) is 26.9 Å². The maximum Gasteiger partial charge on any atom is 0.0829 e. The van der Waals surface area contributed by atoms with E-state index in [1.807, 2.05) is 0 Å². The molecule has 108 valence electrons. The normalized spacial score (nSPS) is 22.0. The fourth-order valence-corrected chi connectivity index (χ4v) is 2.20. The van der Waals surface area contributed by atoms with Crippen LogP contribution >= 0.6 is 0 Å². The maximum absolute atomic E-state index is 5.82. The molecule has 18 heavy (non-hydrogen) atoms. The van der Waals surface area contributed by atoms with Crippen LogP contribution in [0.4, 0.5) is 0 Å². The van der Waals surface area contributed by atoms with Gasteiger partial charge in [-0.1, -0.05) is 20.8 Å². The third-order valence-electron chi connectivity index (χ3n) is 3.44. The fraction of sp³-hybridized carbons (Fsp3) is 1.00. The SMILES string of the molecule is CCN(C)C[C@H]1CN(CCNCC(C)C)CCO1. The van der Waals surface area contributed by atoms with E-state index in [2.05, 4.69) is 42.9 Å². The lowest BCUT2D eigenvalue weighted by molar-refractivity contribution is -0.0395. The number of likely N-dealkylation sites (N-methyl/N-ethyl adjacent to an activating group) is 1. The van der Waals surface area contributed by atoms with Crippen LogP contribution in [-0.2, 0) is 4.74 Å². The summed E-state index contributed by atoms with van der Waals surface area (Å²) in [6, 6.07) is 0. The smallest absolute Gasteiger partial charge is 0.0829 e. The van der Waals surface area contributed by atoms with Gasteiger partial charge < -0.3 is 15.0 Å². The van der Waals surface area contributed by atoms with E-state index in [-0.39, 0.29) is 0 Å². The summed E-state index contributed by atoms with van der Waals surface area (Å²) in [5, 5.41) is 3.51. The molecule has 0 amide bonds. The van der Waals surface area contributed by atoms with E-state index in [4.69, 9.17) is 4.74 Å². The molecule has 0 unspecified atom stereocenters. The lowest BCUT2D eigenvalue weighted by Gasteiger charge is -2.34. The molecule has 0 saturated carbocycles. The molecule has 1 rings (SSSR count). The summed E-state index contributed by atoms with van der Waals surface area (Å²) in [5.41, 5.74) is 0. The number of rotatable bonds is 8. The number of hydrogen-bond donors (Lipinski definition) is 1. The van der Waals surface area contributed by atoms with Crippen LogP contribution in [0.2, 0.25) is 0 Å². The number of ether oxygens (including phenoxy) is 1. The fourth-order valence-electron chi connectivity index (χ4n) is 2.20. The first kappa shape index (κ1) is 15.9. The van der Waals surface area contributed by atoms with E-state index >= 15 is 0 Å². The summed E-state index contributed by atoms with van der Waals surface area (Å²) in [6.07, 6.45) is 0.383. The van der Waals surface area contributed by atoms with Gasteiger partial charge in [-0.25, -0.2) is 0 Å². The highest BCUT2D eigenvalue weighted by Gasteiger charge is 2.20. The third-order valence-corrected chi connectivity index (χ3v) is 3.44. The minimum atomic E-state index is 0.383. The Balaban J connectivity index is 2.14. The van der Waals surface area contributed by atoms with Crippen LogP contribution in [0.1, 0.15) is 20.8 Å². The molecule has 0 aromatic heterocycles. The van der Waals surface area contributed by atoms with Gasteiger partial charge in [-0.05, 0) is 26.1 Å². The summed E-state index contributed by atoms with van der Waals surface area (Å²) < 4.78 is 5.82. The van der Waals surface area contributed by atoms with Crippen molar-refractivity contribution in [1.29, 1.82) is 0 Å². The average molecular weight is 257 g/mol. The van der Waals surface area contributed by atoms with Crippen LogP contribution in [0.25, 0.3) is 0 Å². The van der Waals surface area contributed by atoms with Crippen LogP contribution in [0.15, 0.2) is 0 Å². The second-order valence-corrected chi connectivity index (χ2v) is 5.75. The Kier molecular flexibility index (Phi) is 7.82. The van der Waals surface area contributed by atoms with E-state index < -0.39 is 0 Å². The largest absolute Gasteiger partial charge is 0.374 e. The molecular weight excluding hydrogens is 226 g/mol. The highest BCUT2D eigenvalue weighted by atomic mass is 16.5. The van der Waals surface area contributed by atoms with Gasteiger partial charge in [0.15, 0.2) is 0 Å². The Morgan fingerprint density at radius 3 is 2.89 bits per heavy atom. The van der Waals surface area contributed by atoms with Gasteiger partial charge >= 0.3 is 0 Å². The van der Waals surface area contributed by atoms with E-state index in [1.54, 1.807) is 0 Å². The molecule has 0 aromatic carbocycles. The summed E-state index contributed by atoms with van der Waals surface area (Å²) in [7, 11) is 2.16. The molecule has 1 atom stereocenters. The molecule has 1 N–H and O–H groups in total. The van der Waals surface area contributed by atoms with Crippen LogP contribution < -0.4 is 5.32 Å². The summed E-state index contributed by atoms with van der Waals surface area (Å²) in [4.78, 5) is 4.84. The van der Waals surface area contributed by atoms with Crippen molar-refractivity contribution in [1.82, 2.24) is 15.1 Å². The Morgan fingerprint density at radius 1 is 1.44 bits per heavy atom. The van der Waals surface area contributed by atoms with Crippen LogP contribution in [0, 0.1) is 5.92 Å². The topological polar surface area (TPSA) is 27.7 Å². The minimum absolute atomic E-state index is 0.383. The molecule has 1 saturated heterocycles. The zero-order chi connectivity index (χ0) is 13.4. The lowest BCUT2D eigenvalue weighted by atomic mass is 10.2. The zero-order valence-electron chi connectivity index (χ0n) is 12.6. The standard InChI is InChI=1S/C14H31N3O/c1-5-16(4)11-14-12-17(8-9-18-14)7-6-15-10-13(2)3/h13-15H,5-12H2,1-4H3/t14-/m0/s1. The summed E-state index contributed by atoms with van der Waals surface area (Å²) >= 11 is 0. The first-order valence-corrected chi connectivity index (χ1v) is 7.35. The second kappa shape index (κ2) is 8.86. The zero-order valence-corrected chi connectivity index (χ0v) is 12.6. The van der Waals surface area contributed by atoms with Gasteiger partial charge in [0, 0.05) is 32.7 Å². The maximum atomic E-state index is 5.82. The Labute approximate surface area is 113 Å². The molecule has 0 spiro atoms. The Morgan fingerprint density at radius 2 is 2.22 bits per heavy atom. The van der Waals surface area contributed by atoms with Crippen LogP contribution in [-0.4, -0.2) is 75.4 Å². The molecule has 1 fully saturated rings. The van der Waals surface area contributed by atoms with Crippen molar-refractivity contribution < 1.29 is 4.74 Å². The van der Waals surface area contributed by atoms with E-state index in [1.165, 1.54) is 0 Å². The molecular formula is C14H31N3O. The van der Waals surface area contributed by atoms with E-state index in [0.29, 0.717) is 6.10 Å². The van der Waals surface area contributed by atoms with Gasteiger partial charge in [-0.15, -0.1) is 0 Å². The molecule has 4 nitrogen and oxygen atoms in total. The van der Waals surface area contributed by atoms with Gasteiger partial charge in [-0.2, -0.15) is 0 Å². The Bertz CT molecular complexity index is 211. The van der Waals surface area contributed by atoms with Gasteiger partial charge in [0.05, 0.1) is 12.7 Å². The number of nitrogens with zero attached hydrogens (tertiary/aromatic N) is 2. The Hall–Kier alpha value is -0.160. The third kappa shape index (κ3) is 6.69. The molecule has 0 bridgehead atoms. The monoisotopic (exact) mass is 257 g/mol. The highest BCUT2D eigenvalue weighted by Crippen LogP contribution is 2.05. The summed E-state index contributed by atoms with van der Waals surface area (Å²) in [5.74, 6) is 0.737. The predicted octanol–water partition coefficient (Wildman–Crippen LogP) is 0.885. The van der Waals surface area contributed by atoms with Crippen molar-refractivity contribution >= 4 is 0 Å². The first-order chi connectivity index (χ1) is 8.61. The molecule has 1 heterocycles. The van der Waals surface area contributed by atoms with Gasteiger partial charge in [0.25, 0.3) is 0 Å². The molecule has 1 aliphatic rings. The van der Waals surface area contributed by atoms with E-state index in [0.717, 1.165) is 58.3 Å². The van der Waals surface area contributed by atoms with Crippen molar-refractivity contribution in [3.8, 4) is 0 Å². The summed E-state index contributed by atoms with van der Waals surface area (Å²) in [6.45, 7) is 15.2. The molecule has 0 radical (unpaired) electrons. The quantitative estimate of drug-likeness (QED) is 0.654. The second-order valence-electron chi connectivity index (χ2n) is 5.75. The lowest BCUT2D eigenvalue weighted by Crippen LogP contribution is -2.48. The highest BCUT2D eigenvalue weighted by molar-refractivity contribution is 4.74. The molecule has 0 aliphatic carbocycles. The number of hydrogen-bond acceptors (Lipinski definition) is 4. The van der Waals surface area contributed by atoms with E-state index in [9.17, 15) is 0 Å². The molecule has 0 aromatic rings. The molecule has 4 heteroatoms. The van der Waals surface area contributed by atoms with Crippen LogP contribution in [0.5, 0.6) is 0 Å². The number of nitrogens with one attached hydrogen (secondary N) is 1. The average Bonchev–Trinajstić information content (AvgIpc) is 2.35. The van der Waals surface area contributed by atoms with Crippen molar-refractivity contribution in [2.24, 2.45) is 5.92 Å². The minimum Gasteiger partial charge on any atom is -0.374 e. The van der Waals surface area contributed by atoms with Crippen molar-refractivity contribution in [2.75, 3.05) is 59.5 Å². The van der Waals surface area contributed by atoms with Gasteiger partial charge in [0.2, 0.25) is 0 Å². The number of morpholine rings is 1. The predicted molar refractivity (Wildman–Crippen MR) is 77.1 cm³/mol. The first-order valence-electron chi connectivity index (χ1n) is 7.35. The van der Waals surface area contributed by atoms with Gasteiger partial charge in [0.1, 0.15) is 0 Å². The van der Waals surface area contributed by atoms with Crippen LogP contribution in [0.3, 0.4) is 0 Å². The molecule has 1 aliphatic heterocycles. The van der Waals surface area contributed by atoms with Crippen molar-refractivity contribution in [3.63, 3.8) is 0 Å². The van der Waals surface area contributed by atoms with Gasteiger partial charge in [-0.3, -0.25) is 4.90 Å². The van der Waals surface area contributed by atoms with Crippen molar-refractivity contribution in [3.05, 3.63) is 0 Å².